The molecular weight excluding hydrogens is 528 g/mol. The molecule has 0 bridgehead atoms. The van der Waals surface area contributed by atoms with Crippen LogP contribution < -0.4 is 5.32 Å². The minimum absolute atomic E-state index is 0.0149. The Hall–Kier alpha value is -2.92. The zero-order chi connectivity index (χ0) is 29.8. The number of hydrogen-bond donors (Lipinski definition) is 3. The first-order chi connectivity index (χ1) is 18.7. The number of aliphatic hydroxyl groups excluding tert-OH is 1. The van der Waals surface area contributed by atoms with Gasteiger partial charge < -0.3 is 20.0 Å². The molecule has 0 saturated carbocycles. The molecule has 218 valence electrons. The average molecular weight is 571 g/mol. The van der Waals surface area contributed by atoms with E-state index in [-0.39, 0.29) is 34.2 Å². The van der Waals surface area contributed by atoms with Crippen LogP contribution in [0.2, 0.25) is 18.1 Å². The third-order valence-corrected chi connectivity index (χ3v) is 12.9. The average Bonchev–Trinajstić information content (AvgIpc) is 2.90. The molecule has 3 unspecified atom stereocenters. The Kier molecular flexibility index (Phi) is 10.0. The van der Waals surface area contributed by atoms with Crippen LogP contribution in [0.5, 0.6) is 0 Å². The maximum Gasteiger partial charge on any atom is 0.335 e. The van der Waals surface area contributed by atoms with Gasteiger partial charge in [0.25, 0.3) is 0 Å². The molecule has 0 aromatic heterocycles. The predicted molar refractivity (Wildman–Crippen MR) is 156 cm³/mol. The number of nitro groups is 1. The Morgan fingerprint density at radius 1 is 1.20 bits per heavy atom. The SMILES string of the molecule is CCCCC(C(O)c1ccc(C(=O)O)cc1C(=O)c1cccc2c1CC(CO[Si](C)(C)C(C)(C)C)NC2)[N+](=O)[O-]. The number of nitrogens with one attached hydrogen (secondary N) is 1. The fraction of sp³-hybridized carbons (Fsp3) is 0.533. The van der Waals surface area contributed by atoms with Crippen molar-refractivity contribution in [3.05, 3.63) is 79.9 Å². The van der Waals surface area contributed by atoms with E-state index in [4.69, 9.17) is 4.43 Å². The molecule has 2 aromatic rings. The van der Waals surface area contributed by atoms with Gasteiger partial charge >= 0.3 is 5.97 Å². The summed E-state index contributed by atoms with van der Waals surface area (Å²) in [6.45, 7) is 13.9. The summed E-state index contributed by atoms with van der Waals surface area (Å²) < 4.78 is 6.44. The van der Waals surface area contributed by atoms with E-state index < -0.39 is 37.1 Å². The highest BCUT2D eigenvalue weighted by Crippen LogP contribution is 2.37. The number of ketones is 1. The monoisotopic (exact) mass is 570 g/mol. The summed E-state index contributed by atoms with van der Waals surface area (Å²) >= 11 is 0. The number of carboxylic acids is 1. The van der Waals surface area contributed by atoms with E-state index in [0.29, 0.717) is 38.0 Å². The first kappa shape index (κ1) is 31.6. The molecule has 10 heteroatoms. The van der Waals surface area contributed by atoms with E-state index in [1.165, 1.54) is 18.2 Å². The highest BCUT2D eigenvalue weighted by atomic mass is 28.4. The number of nitrogens with zero attached hydrogens (tertiary/aromatic N) is 1. The zero-order valence-corrected chi connectivity index (χ0v) is 25.3. The van der Waals surface area contributed by atoms with Crippen molar-refractivity contribution in [3.63, 3.8) is 0 Å². The van der Waals surface area contributed by atoms with Crippen LogP contribution in [0.15, 0.2) is 36.4 Å². The number of hydrogen-bond acceptors (Lipinski definition) is 7. The second-order valence-electron chi connectivity index (χ2n) is 12.2. The minimum atomic E-state index is -1.98. The fourth-order valence-electron chi connectivity index (χ4n) is 4.76. The molecule has 0 saturated heterocycles. The number of fused-ring (bicyclic) bond motifs is 1. The van der Waals surface area contributed by atoms with Gasteiger partial charge in [0.15, 0.2) is 14.1 Å². The lowest BCUT2D eigenvalue weighted by molar-refractivity contribution is -0.536. The van der Waals surface area contributed by atoms with E-state index in [1.807, 2.05) is 13.0 Å². The number of benzene rings is 2. The molecule has 2 aromatic carbocycles. The predicted octanol–water partition coefficient (Wildman–Crippen LogP) is 5.52. The van der Waals surface area contributed by atoms with Gasteiger partial charge in [0, 0.05) is 41.7 Å². The molecule has 3 rings (SSSR count). The van der Waals surface area contributed by atoms with Crippen molar-refractivity contribution in [1.29, 1.82) is 0 Å². The molecule has 1 aliphatic rings. The molecule has 3 N–H and O–H groups in total. The van der Waals surface area contributed by atoms with E-state index in [1.54, 1.807) is 12.1 Å². The Bertz CT molecular complexity index is 1260. The van der Waals surface area contributed by atoms with E-state index >= 15 is 0 Å². The van der Waals surface area contributed by atoms with Gasteiger partial charge in [-0.1, -0.05) is 58.4 Å². The second-order valence-corrected chi connectivity index (χ2v) is 17.0. The van der Waals surface area contributed by atoms with Crippen LogP contribution in [-0.4, -0.2) is 53.9 Å². The quantitative estimate of drug-likeness (QED) is 0.131. The summed E-state index contributed by atoms with van der Waals surface area (Å²) in [5.41, 5.74) is 2.11. The lowest BCUT2D eigenvalue weighted by Crippen LogP contribution is -2.47. The first-order valence-corrected chi connectivity index (χ1v) is 16.8. The zero-order valence-electron chi connectivity index (χ0n) is 24.3. The number of rotatable bonds is 12. The summed E-state index contributed by atoms with van der Waals surface area (Å²) in [5.74, 6) is -1.69. The van der Waals surface area contributed by atoms with Crippen molar-refractivity contribution in [2.24, 2.45) is 0 Å². The van der Waals surface area contributed by atoms with Gasteiger partial charge in [-0.05, 0) is 59.8 Å². The largest absolute Gasteiger partial charge is 0.478 e. The number of carbonyl (C=O) groups excluding carboxylic acids is 1. The van der Waals surface area contributed by atoms with Gasteiger partial charge in [-0.15, -0.1) is 0 Å². The summed E-state index contributed by atoms with van der Waals surface area (Å²) in [6.07, 6.45) is 0.370. The Morgan fingerprint density at radius 2 is 1.90 bits per heavy atom. The van der Waals surface area contributed by atoms with Crippen molar-refractivity contribution in [1.82, 2.24) is 5.32 Å². The molecule has 0 radical (unpaired) electrons. The second kappa shape index (κ2) is 12.7. The summed E-state index contributed by atoms with van der Waals surface area (Å²) in [6, 6.07) is 7.91. The molecule has 1 aliphatic heterocycles. The topological polar surface area (TPSA) is 139 Å². The third kappa shape index (κ3) is 7.04. The van der Waals surface area contributed by atoms with Crippen LogP contribution in [-0.2, 0) is 17.4 Å². The smallest absolute Gasteiger partial charge is 0.335 e. The number of aromatic carboxylic acids is 1. The Labute approximate surface area is 237 Å². The van der Waals surface area contributed by atoms with E-state index in [0.717, 1.165) is 11.1 Å². The van der Waals surface area contributed by atoms with E-state index in [2.05, 4.69) is 39.2 Å². The molecule has 1 heterocycles. The van der Waals surface area contributed by atoms with Crippen molar-refractivity contribution in [2.75, 3.05) is 6.61 Å². The molecule has 0 spiro atoms. The van der Waals surface area contributed by atoms with Gasteiger partial charge in [0.1, 0.15) is 6.10 Å². The lowest BCUT2D eigenvalue weighted by Gasteiger charge is -2.38. The van der Waals surface area contributed by atoms with Crippen LogP contribution in [0.4, 0.5) is 0 Å². The molecule has 9 nitrogen and oxygen atoms in total. The Balaban J connectivity index is 2.00. The van der Waals surface area contributed by atoms with Gasteiger partial charge in [-0.3, -0.25) is 14.9 Å². The summed E-state index contributed by atoms with van der Waals surface area (Å²) in [4.78, 5) is 37.1. The van der Waals surface area contributed by atoms with Gasteiger partial charge in [-0.25, -0.2) is 4.79 Å². The van der Waals surface area contributed by atoms with Crippen LogP contribution in [0.1, 0.15) is 96.0 Å². The highest BCUT2D eigenvalue weighted by molar-refractivity contribution is 6.74. The van der Waals surface area contributed by atoms with Crippen molar-refractivity contribution in [3.8, 4) is 0 Å². The number of carboxylic acid groups (broad SMARTS) is 1. The van der Waals surface area contributed by atoms with Gasteiger partial charge in [0.05, 0.1) is 5.56 Å². The maximum absolute atomic E-state index is 14.1. The van der Waals surface area contributed by atoms with Crippen molar-refractivity contribution in [2.45, 2.75) is 96.2 Å². The lowest BCUT2D eigenvalue weighted by atomic mass is 9.85. The highest BCUT2D eigenvalue weighted by Gasteiger charge is 2.38. The normalized spacial score (nSPS) is 17.1. The van der Waals surface area contributed by atoms with Crippen LogP contribution in [0.25, 0.3) is 0 Å². The van der Waals surface area contributed by atoms with Gasteiger partial charge in [-0.2, -0.15) is 0 Å². The first-order valence-electron chi connectivity index (χ1n) is 13.9. The number of aliphatic hydroxyl groups is 1. The van der Waals surface area contributed by atoms with Crippen LogP contribution in [0.3, 0.4) is 0 Å². The van der Waals surface area contributed by atoms with Crippen molar-refractivity contribution >= 4 is 20.1 Å². The molecule has 0 fully saturated rings. The van der Waals surface area contributed by atoms with Crippen LogP contribution in [0, 0.1) is 10.1 Å². The van der Waals surface area contributed by atoms with E-state index in [9.17, 15) is 29.9 Å². The molecule has 0 amide bonds. The minimum Gasteiger partial charge on any atom is -0.478 e. The maximum atomic E-state index is 14.1. The molecule has 40 heavy (non-hydrogen) atoms. The molecule has 3 atom stereocenters. The summed E-state index contributed by atoms with van der Waals surface area (Å²) in [7, 11) is -1.98. The molecular formula is C30H42N2O7Si. The third-order valence-electron chi connectivity index (χ3n) is 8.35. The Morgan fingerprint density at radius 3 is 2.50 bits per heavy atom. The number of unbranched alkanes of at least 4 members (excludes halogenated alkanes) is 1. The van der Waals surface area contributed by atoms with Crippen LogP contribution >= 0.6 is 0 Å². The standard InChI is InChI=1S/C30H42N2O7Si/c1-7-8-12-26(32(37)38)28(34)23-14-13-19(29(35)36)15-25(23)27(33)22-11-9-10-20-17-31-21(16-24(20)22)18-39-40(5,6)30(2,3)4/h9-11,13-15,21,26,28,31,34H,7-8,12,16-18H2,1-6H3,(H,35,36). The number of carbonyl (C=O) groups is 2. The van der Waals surface area contributed by atoms with Crippen molar-refractivity contribution < 1.29 is 29.2 Å². The fourth-order valence-corrected chi connectivity index (χ4v) is 5.81. The summed E-state index contributed by atoms with van der Waals surface area (Å²) in [5, 5.41) is 36.1. The molecule has 0 aliphatic carbocycles. The van der Waals surface area contributed by atoms with Gasteiger partial charge in [0.2, 0.25) is 6.04 Å².